The second kappa shape index (κ2) is 24.8. The minimum atomic E-state index is -0.364. The van der Waals surface area contributed by atoms with Gasteiger partial charge in [-0.3, -0.25) is 25.2 Å². The summed E-state index contributed by atoms with van der Waals surface area (Å²) in [7, 11) is 1.91. The highest BCUT2D eigenvalue weighted by molar-refractivity contribution is 8.11. The van der Waals surface area contributed by atoms with Crippen molar-refractivity contribution >= 4 is 42.1 Å². The summed E-state index contributed by atoms with van der Waals surface area (Å²) in [5, 5.41) is 13.9. The maximum atomic E-state index is 13.6. The van der Waals surface area contributed by atoms with Gasteiger partial charge in [0.15, 0.2) is 0 Å². The highest BCUT2D eigenvalue weighted by Gasteiger charge is 2.19. The maximum absolute atomic E-state index is 13.6. The standard InChI is InChI=1S/C22H27FN4O2S.C7H8O.C6H12N2O/c1-26(14-19-8-9-20(23)12-21(19)25-16-30-2)15-22(27(17-29)10-11-28)24-13-18-6-4-3-5-7-18;1-6-2-4-7(8)5-3-6;1-3-5-8(4-2)7-6-9/h3-9,11-12,16-17,22,24H,10,13-15H2,1-2H3;2-5,8H,1H3;3,6H,1,4-5H2,2H3,(H,7,9). The Balaban J connectivity index is 0.000000526. The molecule has 1 atom stereocenters. The van der Waals surface area contributed by atoms with E-state index in [1.165, 1.54) is 34.4 Å². The van der Waals surface area contributed by atoms with E-state index in [4.69, 9.17) is 5.11 Å². The van der Waals surface area contributed by atoms with Crippen LogP contribution in [-0.2, 0) is 27.5 Å². The van der Waals surface area contributed by atoms with Crippen molar-refractivity contribution in [1.82, 2.24) is 25.6 Å². The lowest BCUT2D eigenvalue weighted by Crippen LogP contribution is -2.51. The number of aromatic hydroxyl groups is 1. The molecule has 0 spiro atoms. The molecule has 0 saturated carbocycles. The van der Waals surface area contributed by atoms with Crippen LogP contribution in [-0.4, -0.2) is 90.2 Å². The van der Waals surface area contributed by atoms with Gasteiger partial charge in [0.05, 0.1) is 23.9 Å². The number of thioether (sulfide) groups is 1. The molecule has 3 aromatic carbocycles. The summed E-state index contributed by atoms with van der Waals surface area (Å²) in [4.78, 5) is 40.2. The van der Waals surface area contributed by atoms with E-state index < -0.39 is 0 Å². The van der Waals surface area contributed by atoms with E-state index in [-0.39, 0.29) is 18.5 Å². The minimum Gasteiger partial charge on any atom is -0.508 e. The van der Waals surface area contributed by atoms with E-state index in [1.807, 2.05) is 74.5 Å². The summed E-state index contributed by atoms with van der Waals surface area (Å²) in [6, 6.07) is 21.5. The Morgan fingerprint density at radius 3 is 2.30 bits per heavy atom. The van der Waals surface area contributed by atoms with Crippen LogP contribution in [0.25, 0.3) is 0 Å². The number of carbonyl (C=O) groups is 3. The molecule has 2 amide bonds. The van der Waals surface area contributed by atoms with Crippen molar-refractivity contribution in [2.45, 2.75) is 33.1 Å². The third-order valence-electron chi connectivity index (χ3n) is 6.48. The molecule has 10 nitrogen and oxygen atoms in total. The summed E-state index contributed by atoms with van der Waals surface area (Å²) >= 11 is 1.44. The number of halogens is 1. The fourth-order valence-electron chi connectivity index (χ4n) is 4.05. The van der Waals surface area contributed by atoms with Crippen molar-refractivity contribution < 1.29 is 23.9 Å². The first-order valence-corrected chi connectivity index (χ1v) is 16.2. The molecular formula is C35H47FN6O4S. The van der Waals surface area contributed by atoms with Gasteiger partial charge in [0, 0.05) is 32.7 Å². The molecular weight excluding hydrogens is 619 g/mol. The highest BCUT2D eigenvalue weighted by Crippen LogP contribution is 2.22. The largest absolute Gasteiger partial charge is 0.508 e. The van der Waals surface area contributed by atoms with Crippen LogP contribution in [0.1, 0.15) is 23.6 Å². The van der Waals surface area contributed by atoms with Crippen molar-refractivity contribution in [3.63, 3.8) is 0 Å². The zero-order valence-electron chi connectivity index (χ0n) is 27.6. The van der Waals surface area contributed by atoms with Gasteiger partial charge >= 0.3 is 0 Å². The van der Waals surface area contributed by atoms with E-state index in [2.05, 4.69) is 22.3 Å². The van der Waals surface area contributed by atoms with E-state index in [0.29, 0.717) is 56.7 Å². The summed E-state index contributed by atoms with van der Waals surface area (Å²) in [5.74, 6) is -0.00854. The smallest absolute Gasteiger partial charge is 0.221 e. The van der Waals surface area contributed by atoms with Crippen LogP contribution in [0, 0.1) is 12.7 Å². The number of amides is 2. The Morgan fingerprint density at radius 1 is 1.04 bits per heavy atom. The molecule has 0 aliphatic carbocycles. The van der Waals surface area contributed by atoms with Gasteiger partial charge in [-0.25, -0.2) is 14.4 Å². The number of aliphatic imine (C=N–C) groups is 1. The Kier molecular flexibility index (Phi) is 21.5. The first kappa shape index (κ1) is 40.7. The molecule has 1 unspecified atom stereocenters. The second-order valence-corrected chi connectivity index (χ2v) is 10.9. The number of nitrogens with one attached hydrogen (secondary N) is 2. The molecule has 47 heavy (non-hydrogen) atoms. The number of benzene rings is 3. The van der Waals surface area contributed by atoms with Gasteiger partial charge in [-0.15, -0.1) is 18.3 Å². The number of aryl methyl sites for hydroxylation is 1. The Morgan fingerprint density at radius 2 is 1.74 bits per heavy atom. The Labute approximate surface area is 282 Å². The van der Waals surface area contributed by atoms with Crippen LogP contribution in [0.3, 0.4) is 0 Å². The molecule has 254 valence electrons. The predicted molar refractivity (Wildman–Crippen MR) is 190 cm³/mol. The number of phenolic OH excluding ortho intramolecular Hbond substituents is 1. The average Bonchev–Trinajstić information content (AvgIpc) is 3.08. The van der Waals surface area contributed by atoms with E-state index in [9.17, 15) is 18.8 Å². The van der Waals surface area contributed by atoms with Crippen LogP contribution < -0.4 is 10.7 Å². The van der Waals surface area contributed by atoms with E-state index >= 15 is 0 Å². The SMILES string of the molecule is C=CCN(CC)NC=O.CSC=Nc1cc(F)ccc1CN(C)CC(NCc1ccccc1)N(C=O)CC=O.Cc1ccc(O)cc1. The molecule has 0 aromatic heterocycles. The third-order valence-corrected chi connectivity index (χ3v) is 6.79. The number of likely N-dealkylation sites (N-methyl/N-ethyl adjacent to an activating group) is 2. The van der Waals surface area contributed by atoms with Crippen molar-refractivity contribution in [3.8, 4) is 5.75 Å². The average molecular weight is 667 g/mol. The van der Waals surface area contributed by atoms with Gasteiger partial charge in [-0.1, -0.05) is 67.1 Å². The summed E-state index contributed by atoms with van der Waals surface area (Å²) in [6.07, 6.45) is 5.31. The zero-order chi connectivity index (χ0) is 34.9. The summed E-state index contributed by atoms with van der Waals surface area (Å²) < 4.78 is 13.6. The fourth-order valence-corrected chi connectivity index (χ4v) is 4.27. The van der Waals surface area contributed by atoms with Crippen LogP contribution in [0.4, 0.5) is 10.1 Å². The lowest BCUT2D eigenvalue weighted by molar-refractivity contribution is -0.124. The van der Waals surface area contributed by atoms with Gasteiger partial charge in [0.2, 0.25) is 12.8 Å². The number of rotatable bonds is 18. The van der Waals surface area contributed by atoms with Gasteiger partial charge in [0.25, 0.3) is 0 Å². The van der Waals surface area contributed by atoms with Crippen LogP contribution in [0.5, 0.6) is 5.75 Å². The molecule has 0 heterocycles. The number of nitrogens with zero attached hydrogens (tertiary/aromatic N) is 4. The molecule has 0 aliphatic heterocycles. The van der Waals surface area contributed by atoms with Crippen LogP contribution in [0.15, 0.2) is 90.4 Å². The number of hydrogen-bond donors (Lipinski definition) is 3. The lowest BCUT2D eigenvalue weighted by Gasteiger charge is -2.31. The van der Waals surface area contributed by atoms with Gasteiger partial charge < -0.3 is 14.8 Å². The lowest BCUT2D eigenvalue weighted by atomic mass is 10.1. The second-order valence-electron chi connectivity index (χ2n) is 10.2. The highest BCUT2D eigenvalue weighted by atomic mass is 32.2. The Hall–Kier alpha value is -4.36. The van der Waals surface area contributed by atoms with Crippen molar-refractivity contribution in [1.29, 1.82) is 0 Å². The zero-order valence-corrected chi connectivity index (χ0v) is 28.4. The van der Waals surface area contributed by atoms with Crippen molar-refractivity contribution in [2.24, 2.45) is 4.99 Å². The van der Waals surface area contributed by atoms with Crippen LogP contribution >= 0.6 is 11.8 Å². The van der Waals surface area contributed by atoms with Gasteiger partial charge in [-0.2, -0.15) is 0 Å². The molecule has 3 aromatic rings. The predicted octanol–water partition coefficient (Wildman–Crippen LogP) is 4.91. The number of phenols is 1. The minimum absolute atomic E-state index is 0.00358. The van der Waals surface area contributed by atoms with Crippen molar-refractivity contribution in [2.75, 3.05) is 39.5 Å². The molecule has 0 saturated heterocycles. The van der Waals surface area contributed by atoms with Gasteiger partial charge in [0.1, 0.15) is 17.9 Å². The fraction of sp³-hybridized carbons (Fsp3) is 0.314. The number of hydrogen-bond acceptors (Lipinski definition) is 9. The normalized spacial score (nSPS) is 11.1. The van der Waals surface area contributed by atoms with Gasteiger partial charge in [-0.05, 0) is 55.6 Å². The third kappa shape index (κ3) is 17.8. The number of carbonyl (C=O) groups excluding carboxylic acids is 3. The quantitative estimate of drug-likeness (QED) is 0.0438. The molecule has 0 radical (unpaired) electrons. The number of hydrazine groups is 1. The van der Waals surface area contributed by atoms with E-state index in [1.54, 1.807) is 34.8 Å². The van der Waals surface area contributed by atoms with Crippen molar-refractivity contribution in [3.05, 3.63) is 108 Å². The first-order valence-electron chi connectivity index (χ1n) is 15.0. The Bertz CT molecular complexity index is 1320. The molecule has 0 aliphatic rings. The van der Waals surface area contributed by atoms with E-state index in [0.717, 1.165) is 17.7 Å². The maximum Gasteiger partial charge on any atom is 0.221 e. The molecule has 3 N–H and O–H groups in total. The summed E-state index contributed by atoms with van der Waals surface area (Å²) in [5.41, 5.74) is 7.88. The number of aldehydes is 1. The molecule has 0 bridgehead atoms. The molecule has 0 fully saturated rings. The molecule has 3 rings (SSSR count). The monoisotopic (exact) mass is 666 g/mol. The van der Waals surface area contributed by atoms with Crippen LogP contribution in [0.2, 0.25) is 0 Å². The topological polar surface area (TPSA) is 118 Å². The first-order chi connectivity index (χ1) is 22.7. The summed E-state index contributed by atoms with van der Waals surface area (Å²) in [6.45, 7) is 10.5. The molecule has 12 heteroatoms.